The first-order valence-corrected chi connectivity index (χ1v) is 11.1. The lowest BCUT2D eigenvalue weighted by Crippen LogP contribution is -2.92. The number of hydrogen-bond donors (Lipinski definition) is 3. The largest absolute Gasteiger partial charge is 0.365 e. The van der Waals surface area contributed by atoms with E-state index >= 15 is 0 Å². The summed E-state index contributed by atoms with van der Waals surface area (Å²) < 4.78 is 0. The van der Waals surface area contributed by atoms with Crippen molar-refractivity contribution in [3.8, 4) is 0 Å². The van der Waals surface area contributed by atoms with Crippen LogP contribution in [0.5, 0.6) is 0 Å². The summed E-state index contributed by atoms with van der Waals surface area (Å²) in [5, 5.41) is 5.63. The van der Waals surface area contributed by atoms with Crippen molar-refractivity contribution in [3.05, 3.63) is 87.8 Å². The Morgan fingerprint density at radius 1 is 1.00 bits per heavy atom. The first kappa shape index (κ1) is 20.3. The number of aryl methyl sites for hydroxylation is 1. The molecule has 1 aromatic heterocycles. The summed E-state index contributed by atoms with van der Waals surface area (Å²) in [6, 6.07) is 20.0. The van der Waals surface area contributed by atoms with Crippen molar-refractivity contribution in [2.45, 2.75) is 38.3 Å². The van der Waals surface area contributed by atoms with Gasteiger partial charge in [-0.3, -0.25) is 9.59 Å². The summed E-state index contributed by atoms with van der Waals surface area (Å²) in [7, 11) is 0. The molecule has 1 aliphatic carbocycles. The van der Waals surface area contributed by atoms with Gasteiger partial charge in [0, 0.05) is 16.0 Å². The van der Waals surface area contributed by atoms with Crippen LogP contribution < -0.4 is 16.4 Å². The number of nitrogens with one attached hydrogen (secondary N) is 1. The third kappa shape index (κ3) is 4.15. The van der Waals surface area contributed by atoms with Crippen LogP contribution in [0.25, 0.3) is 0 Å². The van der Waals surface area contributed by atoms with Crippen LogP contribution in [0.15, 0.2) is 60.7 Å². The Hall–Kier alpha value is -2.96. The van der Waals surface area contributed by atoms with Gasteiger partial charge in [-0.25, -0.2) is 0 Å². The Kier molecular flexibility index (Phi) is 5.97. The lowest BCUT2D eigenvalue weighted by Gasteiger charge is -2.20. The Balaban J connectivity index is 1.54. The number of benzene rings is 2. The highest BCUT2D eigenvalue weighted by Crippen LogP contribution is 2.38. The van der Waals surface area contributed by atoms with Crippen molar-refractivity contribution in [2.24, 2.45) is 5.73 Å². The van der Waals surface area contributed by atoms with E-state index in [1.165, 1.54) is 16.2 Å². The molecule has 0 radical (unpaired) electrons. The molecule has 3 aromatic rings. The van der Waals surface area contributed by atoms with E-state index < -0.39 is 5.91 Å². The number of quaternary nitrogens is 1. The van der Waals surface area contributed by atoms with Crippen LogP contribution >= 0.6 is 11.3 Å². The molecule has 154 valence electrons. The van der Waals surface area contributed by atoms with Crippen LogP contribution in [-0.2, 0) is 17.6 Å². The minimum absolute atomic E-state index is 0.00268. The van der Waals surface area contributed by atoms with Crippen LogP contribution in [-0.4, -0.2) is 17.9 Å². The van der Waals surface area contributed by atoms with E-state index in [1.54, 1.807) is 0 Å². The molecule has 6 heteroatoms. The van der Waals surface area contributed by atoms with E-state index in [0.717, 1.165) is 36.0 Å². The summed E-state index contributed by atoms with van der Waals surface area (Å²) in [5.74, 6) is -0.595. The van der Waals surface area contributed by atoms with E-state index in [4.69, 9.17) is 5.73 Å². The monoisotopic (exact) mass is 420 g/mol. The maximum Gasteiger partial charge on any atom is 0.282 e. The van der Waals surface area contributed by atoms with E-state index in [-0.39, 0.29) is 18.0 Å². The fourth-order valence-electron chi connectivity index (χ4n) is 4.09. The minimum atomic E-state index is -0.465. The molecule has 1 atom stereocenters. The number of rotatable bonds is 7. The minimum Gasteiger partial charge on any atom is -0.365 e. The predicted molar refractivity (Wildman–Crippen MR) is 120 cm³/mol. The molecule has 0 saturated carbocycles. The van der Waals surface area contributed by atoms with E-state index in [2.05, 4.69) is 34.9 Å². The van der Waals surface area contributed by atoms with Gasteiger partial charge in [-0.05, 0) is 31.7 Å². The van der Waals surface area contributed by atoms with Gasteiger partial charge in [0.05, 0.1) is 5.56 Å². The third-order valence-corrected chi connectivity index (χ3v) is 6.82. The van der Waals surface area contributed by atoms with Gasteiger partial charge in [-0.15, -0.1) is 11.3 Å². The Morgan fingerprint density at radius 3 is 2.17 bits per heavy atom. The van der Waals surface area contributed by atoms with Crippen molar-refractivity contribution in [1.82, 2.24) is 0 Å². The molecule has 2 amide bonds. The van der Waals surface area contributed by atoms with E-state index in [1.807, 2.05) is 43.3 Å². The molecule has 0 spiro atoms. The van der Waals surface area contributed by atoms with Gasteiger partial charge in [-0.2, -0.15) is 0 Å². The Bertz CT molecular complexity index is 1010. The number of thiophene rings is 1. The quantitative estimate of drug-likeness (QED) is 0.549. The molecule has 5 nitrogen and oxygen atoms in total. The van der Waals surface area contributed by atoms with Crippen molar-refractivity contribution in [2.75, 3.05) is 5.32 Å². The number of nitrogens with two attached hydrogens (primary N) is 2. The number of primary amides is 1. The van der Waals surface area contributed by atoms with Gasteiger partial charge in [-0.1, -0.05) is 60.7 Å². The molecular formula is C24H26N3O2S+. The van der Waals surface area contributed by atoms with Crippen LogP contribution in [0.3, 0.4) is 0 Å². The average molecular weight is 421 g/mol. The predicted octanol–water partition coefficient (Wildman–Crippen LogP) is 3.02. The summed E-state index contributed by atoms with van der Waals surface area (Å²) in [4.78, 5) is 26.2. The number of carbonyl (C=O) groups is 2. The average Bonchev–Trinajstić information content (AvgIpc) is 3.33. The number of anilines is 1. The second kappa shape index (κ2) is 8.81. The van der Waals surface area contributed by atoms with Gasteiger partial charge >= 0.3 is 0 Å². The number of fused-ring (bicyclic) bond motifs is 1. The molecule has 0 saturated heterocycles. The topological polar surface area (TPSA) is 88.8 Å². The molecule has 4 rings (SSSR count). The highest BCUT2D eigenvalue weighted by Gasteiger charge is 2.29. The van der Waals surface area contributed by atoms with Crippen molar-refractivity contribution in [3.63, 3.8) is 0 Å². The van der Waals surface area contributed by atoms with Gasteiger partial charge in [0.25, 0.3) is 11.8 Å². The number of carbonyl (C=O) groups excluding carboxylic acids is 2. The molecule has 5 N–H and O–H groups in total. The Labute approximate surface area is 180 Å². The first-order valence-electron chi connectivity index (χ1n) is 10.2. The van der Waals surface area contributed by atoms with Crippen molar-refractivity contribution < 1.29 is 14.9 Å². The first-order chi connectivity index (χ1) is 14.5. The zero-order valence-corrected chi connectivity index (χ0v) is 17.7. The zero-order chi connectivity index (χ0) is 21.1. The third-order valence-electron chi connectivity index (χ3n) is 5.62. The van der Waals surface area contributed by atoms with Gasteiger partial charge in [0.15, 0.2) is 6.04 Å². The van der Waals surface area contributed by atoms with Crippen LogP contribution in [0, 0.1) is 0 Å². The standard InChI is InChI=1S/C24H25N3O2S/c1-15(23(29)27-24-20(22(25)28)18-13-8-14-19(18)30-24)26-21(16-9-4-2-5-10-16)17-11-6-3-7-12-17/h2-7,9-12,15,21,26H,8,13-14H2,1H3,(H2,25,28)(H,27,29)/p+1/t15-/m1/s1. The number of amides is 2. The van der Waals surface area contributed by atoms with Crippen molar-refractivity contribution >= 4 is 28.2 Å². The second-order valence-electron chi connectivity index (χ2n) is 7.70. The van der Waals surface area contributed by atoms with Gasteiger partial charge < -0.3 is 16.4 Å². The van der Waals surface area contributed by atoms with Gasteiger partial charge in [0.2, 0.25) is 0 Å². The molecule has 2 aromatic carbocycles. The highest BCUT2D eigenvalue weighted by atomic mass is 32.1. The molecule has 1 heterocycles. The molecule has 0 fully saturated rings. The molecule has 30 heavy (non-hydrogen) atoms. The lowest BCUT2D eigenvalue weighted by molar-refractivity contribution is -0.704. The molecule has 0 bridgehead atoms. The van der Waals surface area contributed by atoms with Crippen LogP contribution in [0.4, 0.5) is 5.00 Å². The number of hydrogen-bond acceptors (Lipinski definition) is 3. The van der Waals surface area contributed by atoms with E-state index in [0.29, 0.717) is 10.6 Å². The molecule has 1 aliphatic rings. The highest BCUT2D eigenvalue weighted by molar-refractivity contribution is 7.17. The zero-order valence-electron chi connectivity index (χ0n) is 16.9. The fraction of sp³-hybridized carbons (Fsp3) is 0.250. The summed E-state index contributed by atoms with van der Waals surface area (Å²) in [6.45, 7) is 1.89. The van der Waals surface area contributed by atoms with Crippen LogP contribution in [0.2, 0.25) is 0 Å². The summed E-state index contributed by atoms with van der Waals surface area (Å²) >= 11 is 1.49. The maximum atomic E-state index is 13.0. The molecule has 0 aliphatic heterocycles. The van der Waals surface area contributed by atoms with Crippen molar-refractivity contribution in [1.29, 1.82) is 0 Å². The normalized spacial score (nSPS) is 13.8. The maximum absolute atomic E-state index is 13.0. The molecular weight excluding hydrogens is 394 g/mol. The SMILES string of the molecule is C[C@@H]([NH2+]C(c1ccccc1)c1ccccc1)C(=O)Nc1sc2c(c1C(N)=O)CCC2. The molecule has 0 unspecified atom stereocenters. The van der Waals surface area contributed by atoms with Crippen LogP contribution in [0.1, 0.15) is 51.3 Å². The second-order valence-corrected chi connectivity index (χ2v) is 8.80. The lowest BCUT2D eigenvalue weighted by atomic mass is 9.98. The fourth-order valence-corrected chi connectivity index (χ4v) is 5.39. The summed E-state index contributed by atoms with van der Waals surface area (Å²) in [6.07, 6.45) is 2.84. The van der Waals surface area contributed by atoms with E-state index in [9.17, 15) is 9.59 Å². The summed E-state index contributed by atoms with van der Waals surface area (Å²) in [5.41, 5.74) is 9.41. The van der Waals surface area contributed by atoms with Gasteiger partial charge in [0.1, 0.15) is 11.0 Å². The Morgan fingerprint density at radius 2 is 1.60 bits per heavy atom. The smallest absolute Gasteiger partial charge is 0.282 e.